The number of likely N-dealkylation sites (N-methyl/N-ethyl adjacent to an activating group) is 1. The smallest absolute Gasteiger partial charge is 0.251 e. The lowest BCUT2D eigenvalue weighted by Crippen LogP contribution is -2.40. The third-order valence-corrected chi connectivity index (χ3v) is 8.21. The maximum Gasteiger partial charge on any atom is 0.251 e. The highest BCUT2D eigenvalue weighted by Crippen LogP contribution is 2.24. The SMILES string of the molecule is CCN1CCCC1CNC(=O)c1ccc(Cn2c(CC(=O)Nc3cc(C(C)C)ccc3C)nc3ccccc32)cc1. The van der Waals surface area contributed by atoms with Gasteiger partial charge in [0.05, 0.1) is 17.5 Å². The summed E-state index contributed by atoms with van der Waals surface area (Å²) < 4.78 is 2.10. The van der Waals surface area contributed by atoms with Gasteiger partial charge in [0.2, 0.25) is 5.91 Å². The Morgan fingerprint density at radius 3 is 2.59 bits per heavy atom. The highest BCUT2D eigenvalue weighted by Gasteiger charge is 2.23. The Morgan fingerprint density at radius 1 is 1.05 bits per heavy atom. The van der Waals surface area contributed by atoms with Gasteiger partial charge in [-0.1, -0.05) is 57.2 Å². The van der Waals surface area contributed by atoms with Gasteiger partial charge in [-0.25, -0.2) is 4.98 Å². The zero-order valence-corrected chi connectivity index (χ0v) is 24.6. The number of hydrogen-bond acceptors (Lipinski definition) is 4. The molecule has 0 saturated carbocycles. The van der Waals surface area contributed by atoms with E-state index in [0.29, 0.717) is 36.4 Å². The summed E-state index contributed by atoms with van der Waals surface area (Å²) >= 11 is 0. The van der Waals surface area contributed by atoms with Crippen LogP contribution >= 0.6 is 0 Å². The number of carbonyl (C=O) groups excluding carboxylic acids is 2. The van der Waals surface area contributed by atoms with E-state index < -0.39 is 0 Å². The number of anilines is 1. The molecule has 4 aromatic rings. The van der Waals surface area contributed by atoms with Gasteiger partial charge in [0, 0.05) is 30.4 Å². The molecule has 1 fully saturated rings. The predicted octanol–water partition coefficient (Wildman–Crippen LogP) is 5.91. The summed E-state index contributed by atoms with van der Waals surface area (Å²) in [6, 6.07) is 22.3. The molecule has 0 spiro atoms. The van der Waals surface area contributed by atoms with Crippen molar-refractivity contribution in [1.82, 2.24) is 19.8 Å². The highest BCUT2D eigenvalue weighted by atomic mass is 16.2. The molecule has 2 N–H and O–H groups in total. The molecular formula is C34H41N5O2. The number of para-hydroxylation sites is 2. The molecule has 2 heterocycles. The average Bonchev–Trinajstić information content (AvgIpc) is 3.57. The van der Waals surface area contributed by atoms with E-state index in [1.165, 1.54) is 12.0 Å². The first kappa shape index (κ1) is 28.6. The Bertz CT molecular complexity index is 1520. The second-order valence-electron chi connectivity index (χ2n) is 11.4. The molecule has 41 heavy (non-hydrogen) atoms. The lowest BCUT2D eigenvalue weighted by atomic mass is 10.0. The molecule has 3 aromatic carbocycles. The molecule has 2 amide bonds. The van der Waals surface area contributed by atoms with E-state index in [1.807, 2.05) is 55.5 Å². The Morgan fingerprint density at radius 2 is 1.83 bits per heavy atom. The van der Waals surface area contributed by atoms with Crippen LogP contribution in [0.25, 0.3) is 11.0 Å². The largest absolute Gasteiger partial charge is 0.350 e. The molecule has 1 aliphatic rings. The molecule has 1 unspecified atom stereocenters. The summed E-state index contributed by atoms with van der Waals surface area (Å²) in [4.78, 5) is 33.3. The molecular weight excluding hydrogens is 510 g/mol. The van der Waals surface area contributed by atoms with Crippen LogP contribution in [0.3, 0.4) is 0 Å². The minimum absolute atomic E-state index is 0.0400. The first-order chi connectivity index (χ1) is 19.8. The molecule has 0 aliphatic carbocycles. The molecule has 1 atom stereocenters. The van der Waals surface area contributed by atoms with Crippen LogP contribution in [0.1, 0.15) is 72.4 Å². The van der Waals surface area contributed by atoms with Crippen molar-refractivity contribution in [2.24, 2.45) is 0 Å². The number of benzene rings is 3. The van der Waals surface area contributed by atoms with Crippen LogP contribution in [0, 0.1) is 6.92 Å². The van der Waals surface area contributed by atoms with E-state index in [2.05, 4.69) is 59.1 Å². The van der Waals surface area contributed by atoms with Crippen molar-refractivity contribution in [2.45, 2.75) is 65.5 Å². The maximum atomic E-state index is 13.2. The van der Waals surface area contributed by atoms with Gasteiger partial charge in [-0.3, -0.25) is 14.5 Å². The number of hydrogen-bond donors (Lipinski definition) is 2. The normalized spacial score (nSPS) is 15.5. The van der Waals surface area contributed by atoms with E-state index in [0.717, 1.165) is 47.4 Å². The quantitative estimate of drug-likeness (QED) is 0.257. The molecule has 7 nitrogen and oxygen atoms in total. The third-order valence-electron chi connectivity index (χ3n) is 8.21. The van der Waals surface area contributed by atoms with E-state index in [4.69, 9.17) is 4.98 Å². The van der Waals surface area contributed by atoms with Gasteiger partial charge >= 0.3 is 0 Å². The van der Waals surface area contributed by atoms with E-state index in [-0.39, 0.29) is 18.2 Å². The molecule has 214 valence electrons. The Labute approximate surface area is 243 Å². The van der Waals surface area contributed by atoms with Crippen molar-refractivity contribution in [1.29, 1.82) is 0 Å². The lowest BCUT2D eigenvalue weighted by molar-refractivity contribution is -0.115. The zero-order valence-electron chi connectivity index (χ0n) is 24.6. The number of rotatable bonds is 10. The van der Waals surface area contributed by atoms with Gasteiger partial charge in [0.25, 0.3) is 5.91 Å². The maximum absolute atomic E-state index is 13.2. The second-order valence-corrected chi connectivity index (χ2v) is 11.4. The first-order valence-electron chi connectivity index (χ1n) is 14.8. The number of likely N-dealkylation sites (tertiary alicyclic amines) is 1. The van der Waals surface area contributed by atoms with E-state index in [9.17, 15) is 9.59 Å². The average molecular weight is 552 g/mol. The molecule has 1 saturated heterocycles. The Kier molecular flexibility index (Phi) is 8.84. The van der Waals surface area contributed by atoms with Crippen LogP contribution < -0.4 is 10.6 Å². The number of fused-ring (bicyclic) bond motifs is 1. The topological polar surface area (TPSA) is 79.3 Å². The lowest BCUT2D eigenvalue weighted by Gasteiger charge is -2.22. The number of imidazole rings is 1. The van der Waals surface area contributed by atoms with Crippen molar-refractivity contribution in [3.05, 3.63) is 94.8 Å². The standard InChI is InChI=1S/C34H41N5O2/c1-5-38-18-8-9-28(38)21-35-34(41)26-16-13-25(14-17-26)22-39-31-11-7-6-10-29(31)36-32(39)20-33(40)37-30-19-27(23(2)3)15-12-24(30)4/h6-7,10-17,19,23,28H,5,8-9,18,20-22H2,1-4H3,(H,35,41)(H,37,40). The van der Waals surface area contributed by atoms with Crippen molar-refractivity contribution < 1.29 is 9.59 Å². The minimum atomic E-state index is -0.0958. The van der Waals surface area contributed by atoms with Crippen LogP contribution in [0.15, 0.2) is 66.7 Å². The molecule has 5 rings (SSSR count). The number of amides is 2. The molecule has 1 aromatic heterocycles. The number of aryl methyl sites for hydroxylation is 1. The van der Waals surface area contributed by atoms with Gasteiger partial charge in [0.1, 0.15) is 5.82 Å². The molecule has 7 heteroatoms. The van der Waals surface area contributed by atoms with Gasteiger partial charge in [0.15, 0.2) is 0 Å². The fourth-order valence-corrected chi connectivity index (χ4v) is 5.71. The van der Waals surface area contributed by atoms with E-state index >= 15 is 0 Å². The number of aromatic nitrogens is 2. The monoisotopic (exact) mass is 551 g/mol. The Hall–Kier alpha value is -3.97. The van der Waals surface area contributed by atoms with Gasteiger partial charge in [-0.05, 0) is 85.8 Å². The summed E-state index contributed by atoms with van der Waals surface area (Å²) in [6.07, 6.45) is 2.49. The number of nitrogens with one attached hydrogen (secondary N) is 2. The summed E-state index contributed by atoms with van der Waals surface area (Å²) in [7, 11) is 0. The van der Waals surface area contributed by atoms with Crippen molar-refractivity contribution in [2.75, 3.05) is 25.0 Å². The van der Waals surface area contributed by atoms with Crippen LogP contribution in [0.4, 0.5) is 5.69 Å². The fourth-order valence-electron chi connectivity index (χ4n) is 5.71. The van der Waals surface area contributed by atoms with Gasteiger partial charge in [-0.15, -0.1) is 0 Å². The molecule has 0 radical (unpaired) electrons. The zero-order chi connectivity index (χ0) is 28.9. The number of nitrogens with zero attached hydrogens (tertiary/aromatic N) is 3. The van der Waals surface area contributed by atoms with Crippen molar-refractivity contribution >= 4 is 28.5 Å². The molecule has 0 bridgehead atoms. The minimum Gasteiger partial charge on any atom is -0.350 e. The summed E-state index contributed by atoms with van der Waals surface area (Å²) in [5, 5.41) is 6.23. The molecule has 1 aliphatic heterocycles. The van der Waals surface area contributed by atoms with Crippen molar-refractivity contribution in [3.8, 4) is 0 Å². The third kappa shape index (κ3) is 6.68. The first-order valence-corrected chi connectivity index (χ1v) is 14.8. The number of carbonyl (C=O) groups is 2. The Balaban J connectivity index is 1.29. The highest BCUT2D eigenvalue weighted by molar-refractivity contribution is 5.94. The van der Waals surface area contributed by atoms with Crippen LogP contribution in [-0.4, -0.2) is 51.9 Å². The summed E-state index contributed by atoms with van der Waals surface area (Å²) in [5.74, 6) is 0.954. The summed E-state index contributed by atoms with van der Waals surface area (Å²) in [5.41, 5.74) is 6.60. The fraction of sp³-hybridized carbons (Fsp3) is 0.382. The predicted molar refractivity (Wildman–Crippen MR) is 165 cm³/mol. The van der Waals surface area contributed by atoms with E-state index in [1.54, 1.807) is 0 Å². The summed E-state index contributed by atoms with van der Waals surface area (Å²) in [6.45, 7) is 11.8. The van der Waals surface area contributed by atoms with Crippen LogP contribution in [-0.2, 0) is 17.8 Å². The van der Waals surface area contributed by atoms with Gasteiger partial charge < -0.3 is 15.2 Å². The van der Waals surface area contributed by atoms with Crippen LogP contribution in [0.2, 0.25) is 0 Å². The van der Waals surface area contributed by atoms with Crippen molar-refractivity contribution in [3.63, 3.8) is 0 Å². The second kappa shape index (κ2) is 12.7. The van der Waals surface area contributed by atoms with Gasteiger partial charge in [-0.2, -0.15) is 0 Å². The van der Waals surface area contributed by atoms with Crippen LogP contribution in [0.5, 0.6) is 0 Å².